The van der Waals surface area contributed by atoms with Crippen molar-refractivity contribution < 1.29 is 32.3 Å². The number of carbonyl (C=O) groups excluding carboxylic acids is 1. The number of fused-ring (bicyclic) bond motifs is 1. The number of hydrogen-bond acceptors (Lipinski definition) is 3. The Morgan fingerprint density at radius 3 is 2.32 bits per heavy atom. The molecule has 1 aromatic heterocycles. The van der Waals surface area contributed by atoms with Gasteiger partial charge in [0.25, 0.3) is 5.91 Å². The van der Waals surface area contributed by atoms with Gasteiger partial charge in [0.15, 0.2) is 0 Å². The summed E-state index contributed by atoms with van der Waals surface area (Å²) < 4.78 is 46.2. The van der Waals surface area contributed by atoms with E-state index in [-0.39, 0.29) is 22.6 Å². The topological polar surface area (TPSA) is 79.5 Å². The number of carboxylic acids is 1. The number of halogens is 3. The van der Waals surface area contributed by atoms with Crippen LogP contribution in [-0.2, 0) is 6.18 Å². The molecule has 0 radical (unpaired) electrons. The van der Waals surface area contributed by atoms with Crippen LogP contribution in [0.3, 0.4) is 0 Å². The average Bonchev–Trinajstić information content (AvgIpc) is 3.17. The van der Waals surface area contributed by atoms with Gasteiger partial charge in [-0.05, 0) is 41.5 Å². The van der Waals surface area contributed by atoms with Gasteiger partial charge in [-0.1, -0.05) is 42.5 Å². The minimum absolute atomic E-state index is 0.144. The number of benzene rings is 3. The summed E-state index contributed by atoms with van der Waals surface area (Å²) in [5.74, 6) is -2.48. The van der Waals surface area contributed by atoms with Gasteiger partial charge in [0.2, 0.25) is 5.76 Å². The van der Waals surface area contributed by atoms with Gasteiger partial charge in [0.05, 0.1) is 11.1 Å². The fraction of sp³-hybridized carbons (Fsp3) is 0.0435. The van der Waals surface area contributed by atoms with E-state index < -0.39 is 29.2 Å². The number of rotatable bonds is 4. The quantitative estimate of drug-likeness (QED) is 0.416. The van der Waals surface area contributed by atoms with Gasteiger partial charge in [0, 0.05) is 11.1 Å². The molecule has 4 aromatic rings. The lowest BCUT2D eigenvalue weighted by Crippen LogP contribution is -2.20. The normalized spacial score (nSPS) is 11.5. The van der Waals surface area contributed by atoms with Crippen molar-refractivity contribution >= 4 is 28.5 Å². The lowest BCUT2D eigenvalue weighted by atomic mass is 9.94. The summed E-state index contributed by atoms with van der Waals surface area (Å²) in [5.41, 5.74) is -0.466. The van der Waals surface area contributed by atoms with Crippen LogP contribution in [0, 0.1) is 0 Å². The zero-order valence-corrected chi connectivity index (χ0v) is 15.7. The second-order valence-corrected chi connectivity index (χ2v) is 6.71. The predicted molar refractivity (Wildman–Crippen MR) is 108 cm³/mol. The summed E-state index contributed by atoms with van der Waals surface area (Å²) in [6.45, 7) is 0. The predicted octanol–water partition coefficient (Wildman–Crippen LogP) is 6.07. The van der Waals surface area contributed by atoms with Gasteiger partial charge in [0.1, 0.15) is 5.58 Å². The number of nitrogens with one attached hydrogen (secondary N) is 1. The van der Waals surface area contributed by atoms with Crippen LogP contribution < -0.4 is 5.32 Å². The third-order valence-electron chi connectivity index (χ3n) is 4.67. The van der Waals surface area contributed by atoms with Crippen molar-refractivity contribution in [2.75, 3.05) is 5.32 Å². The van der Waals surface area contributed by atoms with Crippen molar-refractivity contribution in [3.05, 3.63) is 89.7 Å². The molecule has 1 heterocycles. The van der Waals surface area contributed by atoms with Crippen molar-refractivity contribution in [2.45, 2.75) is 6.18 Å². The van der Waals surface area contributed by atoms with Gasteiger partial charge in [-0.25, -0.2) is 4.79 Å². The van der Waals surface area contributed by atoms with Crippen LogP contribution in [0.25, 0.3) is 22.1 Å². The molecule has 0 atom stereocenters. The molecule has 8 heteroatoms. The lowest BCUT2D eigenvalue weighted by Gasteiger charge is -2.17. The lowest BCUT2D eigenvalue weighted by molar-refractivity contribution is -0.137. The standard InChI is InChI=1S/C23H14F3NO4/c24-23(25,26)17-8-4-7-16(13-5-2-1-3-6-13)20(17)21(28)27-15-9-10-18-14(11-15)12-19(31-18)22(29)30/h1-12H,(H,27,28)(H,29,30). The molecule has 5 nitrogen and oxygen atoms in total. The van der Waals surface area contributed by atoms with E-state index in [4.69, 9.17) is 9.52 Å². The maximum absolute atomic E-state index is 13.7. The third-order valence-corrected chi connectivity index (χ3v) is 4.67. The molecule has 0 aliphatic heterocycles. The van der Waals surface area contributed by atoms with Gasteiger partial charge in [-0.2, -0.15) is 13.2 Å². The number of carbonyl (C=O) groups is 2. The number of anilines is 1. The summed E-state index contributed by atoms with van der Waals surface area (Å²) in [4.78, 5) is 24.0. The van der Waals surface area contributed by atoms with Gasteiger partial charge in [-0.3, -0.25) is 4.79 Å². The van der Waals surface area contributed by atoms with E-state index in [1.165, 1.54) is 36.4 Å². The Bertz CT molecular complexity index is 1290. The first-order valence-electron chi connectivity index (χ1n) is 9.08. The zero-order chi connectivity index (χ0) is 22.2. The smallest absolute Gasteiger partial charge is 0.417 e. The molecule has 2 N–H and O–H groups in total. The van der Waals surface area contributed by atoms with Gasteiger partial charge in [-0.15, -0.1) is 0 Å². The minimum Gasteiger partial charge on any atom is -0.475 e. The highest BCUT2D eigenvalue weighted by atomic mass is 19.4. The Balaban J connectivity index is 1.77. The molecule has 0 bridgehead atoms. The molecule has 31 heavy (non-hydrogen) atoms. The van der Waals surface area contributed by atoms with Crippen LogP contribution in [0.5, 0.6) is 0 Å². The minimum atomic E-state index is -4.73. The highest BCUT2D eigenvalue weighted by molar-refractivity contribution is 6.10. The number of carboxylic acid groups (broad SMARTS) is 1. The van der Waals surface area contributed by atoms with Crippen molar-refractivity contribution in [3.63, 3.8) is 0 Å². The van der Waals surface area contributed by atoms with E-state index in [9.17, 15) is 22.8 Å². The summed E-state index contributed by atoms with van der Waals surface area (Å²) in [6, 6.07) is 17.4. The number of amides is 1. The number of furan rings is 1. The second kappa shape index (κ2) is 7.64. The first-order chi connectivity index (χ1) is 14.7. The summed E-state index contributed by atoms with van der Waals surface area (Å²) in [6.07, 6.45) is -4.73. The molecule has 0 saturated heterocycles. The summed E-state index contributed by atoms with van der Waals surface area (Å²) in [5, 5.41) is 11.9. The largest absolute Gasteiger partial charge is 0.475 e. The second-order valence-electron chi connectivity index (χ2n) is 6.71. The van der Waals surface area contributed by atoms with Crippen LogP contribution in [-0.4, -0.2) is 17.0 Å². The fourth-order valence-electron chi connectivity index (χ4n) is 3.31. The molecule has 156 valence electrons. The van der Waals surface area contributed by atoms with E-state index in [1.54, 1.807) is 30.3 Å². The molecule has 0 aliphatic carbocycles. The zero-order valence-electron chi connectivity index (χ0n) is 15.7. The molecule has 1 amide bonds. The molecular weight excluding hydrogens is 411 g/mol. The van der Waals surface area contributed by atoms with Gasteiger partial charge >= 0.3 is 12.1 Å². The van der Waals surface area contributed by atoms with Crippen molar-refractivity contribution in [2.24, 2.45) is 0 Å². The van der Waals surface area contributed by atoms with E-state index >= 15 is 0 Å². The SMILES string of the molecule is O=C(O)c1cc2cc(NC(=O)c3c(-c4ccccc4)cccc3C(F)(F)F)ccc2o1. The Hall–Kier alpha value is -4.07. The number of aromatic carboxylic acids is 1. The molecular formula is C23H14F3NO4. The molecule has 4 rings (SSSR count). The highest BCUT2D eigenvalue weighted by Gasteiger charge is 2.36. The van der Waals surface area contributed by atoms with E-state index in [0.29, 0.717) is 10.9 Å². The van der Waals surface area contributed by atoms with Crippen LogP contribution in [0.2, 0.25) is 0 Å². The van der Waals surface area contributed by atoms with Crippen LogP contribution >= 0.6 is 0 Å². The Morgan fingerprint density at radius 2 is 1.65 bits per heavy atom. The van der Waals surface area contributed by atoms with Crippen LogP contribution in [0.4, 0.5) is 18.9 Å². The fourth-order valence-corrected chi connectivity index (χ4v) is 3.31. The highest BCUT2D eigenvalue weighted by Crippen LogP contribution is 2.37. The van der Waals surface area contributed by atoms with E-state index in [0.717, 1.165) is 6.07 Å². The van der Waals surface area contributed by atoms with E-state index in [2.05, 4.69) is 5.32 Å². The number of alkyl halides is 3. The molecule has 0 aliphatic rings. The molecule has 0 unspecified atom stereocenters. The monoisotopic (exact) mass is 425 g/mol. The summed E-state index contributed by atoms with van der Waals surface area (Å²) >= 11 is 0. The molecule has 0 fully saturated rings. The van der Waals surface area contributed by atoms with Crippen LogP contribution in [0.1, 0.15) is 26.5 Å². The van der Waals surface area contributed by atoms with Crippen LogP contribution in [0.15, 0.2) is 77.2 Å². The Labute approximate surface area is 173 Å². The first kappa shape index (κ1) is 20.2. The maximum Gasteiger partial charge on any atom is 0.417 e. The Kier molecular flexibility index (Phi) is 4.98. The third kappa shape index (κ3) is 4.00. The maximum atomic E-state index is 13.7. The molecule has 3 aromatic carbocycles. The van der Waals surface area contributed by atoms with Crippen molar-refractivity contribution in [1.29, 1.82) is 0 Å². The van der Waals surface area contributed by atoms with Gasteiger partial charge < -0.3 is 14.8 Å². The first-order valence-corrected chi connectivity index (χ1v) is 9.08. The van der Waals surface area contributed by atoms with Crippen molar-refractivity contribution in [3.8, 4) is 11.1 Å². The Morgan fingerprint density at radius 1 is 0.903 bits per heavy atom. The average molecular weight is 425 g/mol. The summed E-state index contributed by atoms with van der Waals surface area (Å²) in [7, 11) is 0. The van der Waals surface area contributed by atoms with E-state index in [1.807, 2.05) is 0 Å². The molecule has 0 spiro atoms. The van der Waals surface area contributed by atoms with Crippen molar-refractivity contribution in [1.82, 2.24) is 0 Å². The molecule has 0 saturated carbocycles. The number of hydrogen-bond donors (Lipinski definition) is 2.